The summed E-state index contributed by atoms with van der Waals surface area (Å²) in [6.45, 7) is -0.936. The maximum absolute atomic E-state index is 13.1. The van der Waals surface area contributed by atoms with E-state index < -0.39 is 23.6 Å². The van der Waals surface area contributed by atoms with Crippen LogP contribution in [0.1, 0.15) is 5.56 Å². The lowest BCUT2D eigenvalue weighted by Crippen LogP contribution is -2.39. The van der Waals surface area contributed by atoms with Crippen LogP contribution >= 0.6 is 0 Å². The third kappa shape index (κ3) is 4.87. The number of rotatable bonds is 5. The lowest BCUT2D eigenvalue weighted by Gasteiger charge is -2.21. The molecule has 0 aliphatic rings. The molecule has 0 aromatic heterocycles. The molecule has 0 spiro atoms. The van der Waals surface area contributed by atoms with Gasteiger partial charge in [0.1, 0.15) is 5.82 Å². The standard InChI is InChI=1S/C12H14F4N2O3/c13-10-2-1-8(7-9(10)12(14,15)16)17-11(21)18(3-5-19)4-6-20/h1-2,7,19-20H,3-6H2,(H,17,21). The van der Waals surface area contributed by atoms with E-state index in [1.54, 1.807) is 0 Å². The number of carbonyl (C=O) groups excluding carboxylic acids is 1. The minimum Gasteiger partial charge on any atom is -0.395 e. The van der Waals surface area contributed by atoms with Gasteiger partial charge in [-0.15, -0.1) is 0 Å². The van der Waals surface area contributed by atoms with Gasteiger partial charge in [-0.1, -0.05) is 0 Å². The highest BCUT2D eigenvalue weighted by atomic mass is 19.4. The van der Waals surface area contributed by atoms with Gasteiger partial charge in [0, 0.05) is 18.8 Å². The lowest BCUT2D eigenvalue weighted by molar-refractivity contribution is -0.139. The van der Waals surface area contributed by atoms with Gasteiger partial charge < -0.3 is 20.4 Å². The molecule has 0 saturated heterocycles. The van der Waals surface area contributed by atoms with E-state index in [1.165, 1.54) is 0 Å². The number of halogens is 4. The highest BCUT2D eigenvalue weighted by molar-refractivity contribution is 5.89. The molecule has 0 bridgehead atoms. The van der Waals surface area contributed by atoms with Crippen LogP contribution in [0.4, 0.5) is 28.0 Å². The fraction of sp³-hybridized carbons (Fsp3) is 0.417. The van der Waals surface area contributed by atoms with Crippen molar-refractivity contribution in [1.82, 2.24) is 4.90 Å². The normalized spacial score (nSPS) is 11.3. The Hall–Kier alpha value is -1.87. The molecule has 1 aromatic carbocycles. The van der Waals surface area contributed by atoms with Crippen LogP contribution in [0.25, 0.3) is 0 Å². The zero-order valence-electron chi connectivity index (χ0n) is 10.8. The number of carbonyl (C=O) groups is 1. The Labute approximate surface area is 117 Å². The Bertz CT molecular complexity index is 488. The smallest absolute Gasteiger partial charge is 0.395 e. The highest BCUT2D eigenvalue weighted by Crippen LogP contribution is 2.33. The van der Waals surface area contributed by atoms with Gasteiger partial charge in [-0.2, -0.15) is 13.2 Å². The Morgan fingerprint density at radius 3 is 2.24 bits per heavy atom. The minimum atomic E-state index is -4.87. The van der Waals surface area contributed by atoms with Crippen LogP contribution in [0, 0.1) is 5.82 Å². The molecule has 0 radical (unpaired) electrons. The summed E-state index contributed by atoms with van der Waals surface area (Å²) in [7, 11) is 0. The minimum absolute atomic E-state index is 0.0975. The number of alkyl halides is 3. The van der Waals surface area contributed by atoms with Crippen molar-refractivity contribution in [1.29, 1.82) is 0 Å². The number of amides is 2. The molecule has 0 unspecified atom stereocenters. The van der Waals surface area contributed by atoms with Crippen LogP contribution in [-0.4, -0.2) is 47.4 Å². The first-order chi connectivity index (χ1) is 9.79. The topological polar surface area (TPSA) is 72.8 Å². The molecule has 0 fully saturated rings. The molecule has 3 N–H and O–H groups in total. The van der Waals surface area contributed by atoms with E-state index in [4.69, 9.17) is 10.2 Å². The Balaban J connectivity index is 2.90. The van der Waals surface area contributed by atoms with Gasteiger partial charge in [-0.25, -0.2) is 9.18 Å². The molecule has 118 valence electrons. The van der Waals surface area contributed by atoms with Crippen molar-refractivity contribution in [2.24, 2.45) is 0 Å². The molecule has 2 amide bonds. The zero-order chi connectivity index (χ0) is 16.0. The van der Waals surface area contributed by atoms with Crippen molar-refractivity contribution < 1.29 is 32.6 Å². The first-order valence-electron chi connectivity index (χ1n) is 5.94. The summed E-state index contributed by atoms with van der Waals surface area (Å²) in [5, 5.41) is 19.7. The van der Waals surface area contributed by atoms with E-state index >= 15 is 0 Å². The van der Waals surface area contributed by atoms with E-state index in [0.29, 0.717) is 12.1 Å². The first-order valence-corrected chi connectivity index (χ1v) is 5.94. The molecule has 0 saturated carbocycles. The largest absolute Gasteiger partial charge is 0.419 e. The highest BCUT2D eigenvalue weighted by Gasteiger charge is 2.34. The fourth-order valence-electron chi connectivity index (χ4n) is 1.58. The summed E-state index contributed by atoms with van der Waals surface area (Å²) < 4.78 is 50.7. The average Bonchev–Trinajstić information content (AvgIpc) is 2.39. The number of anilines is 1. The molecule has 21 heavy (non-hydrogen) atoms. The number of urea groups is 1. The van der Waals surface area contributed by atoms with Crippen LogP contribution in [0.2, 0.25) is 0 Å². The molecular formula is C12H14F4N2O3. The third-order valence-electron chi connectivity index (χ3n) is 2.55. The Kier molecular flexibility index (Phi) is 5.91. The van der Waals surface area contributed by atoms with Crippen LogP contribution in [0.3, 0.4) is 0 Å². The Morgan fingerprint density at radius 2 is 1.76 bits per heavy atom. The monoisotopic (exact) mass is 310 g/mol. The molecule has 5 nitrogen and oxygen atoms in total. The van der Waals surface area contributed by atoms with E-state index in [1.807, 2.05) is 0 Å². The summed E-state index contributed by atoms with van der Waals surface area (Å²) in [6.07, 6.45) is -4.87. The SMILES string of the molecule is O=C(Nc1ccc(F)c(C(F)(F)F)c1)N(CCO)CCO. The second-order valence-corrected chi connectivity index (χ2v) is 4.06. The predicted molar refractivity (Wildman–Crippen MR) is 66.2 cm³/mol. The van der Waals surface area contributed by atoms with Gasteiger partial charge in [0.25, 0.3) is 0 Å². The number of aliphatic hydroxyl groups excluding tert-OH is 2. The van der Waals surface area contributed by atoms with E-state index in [9.17, 15) is 22.4 Å². The number of hydrogen-bond acceptors (Lipinski definition) is 3. The quantitative estimate of drug-likeness (QED) is 0.724. The number of aliphatic hydroxyl groups is 2. The van der Waals surface area contributed by atoms with Gasteiger partial charge >= 0.3 is 12.2 Å². The summed E-state index contributed by atoms with van der Waals surface area (Å²) in [6, 6.07) is 1.25. The van der Waals surface area contributed by atoms with Crippen LogP contribution in [-0.2, 0) is 6.18 Å². The van der Waals surface area contributed by atoms with Gasteiger partial charge in [-0.3, -0.25) is 0 Å². The van der Waals surface area contributed by atoms with Gasteiger partial charge in [-0.05, 0) is 18.2 Å². The van der Waals surface area contributed by atoms with Crippen molar-refractivity contribution in [3.05, 3.63) is 29.6 Å². The molecule has 1 aromatic rings. The van der Waals surface area contributed by atoms with Gasteiger partial charge in [0.15, 0.2) is 0 Å². The van der Waals surface area contributed by atoms with Crippen LogP contribution in [0.5, 0.6) is 0 Å². The molecule has 0 atom stereocenters. The molecule has 0 aliphatic carbocycles. The summed E-state index contributed by atoms with van der Waals surface area (Å²) in [5.74, 6) is -1.44. The van der Waals surface area contributed by atoms with Crippen molar-refractivity contribution in [3.8, 4) is 0 Å². The average molecular weight is 310 g/mol. The first kappa shape index (κ1) is 17.2. The second kappa shape index (κ2) is 7.23. The van der Waals surface area contributed by atoms with E-state index in [2.05, 4.69) is 5.32 Å². The lowest BCUT2D eigenvalue weighted by atomic mass is 10.2. The molecule has 0 heterocycles. The van der Waals surface area contributed by atoms with E-state index in [0.717, 1.165) is 11.0 Å². The third-order valence-corrected chi connectivity index (χ3v) is 2.55. The Morgan fingerprint density at radius 1 is 1.19 bits per heavy atom. The van der Waals surface area contributed by atoms with Crippen molar-refractivity contribution in [2.75, 3.05) is 31.6 Å². The summed E-state index contributed by atoms with van der Waals surface area (Å²) in [4.78, 5) is 12.8. The molecular weight excluding hydrogens is 296 g/mol. The zero-order valence-corrected chi connectivity index (χ0v) is 10.8. The van der Waals surface area contributed by atoms with Crippen molar-refractivity contribution >= 4 is 11.7 Å². The summed E-state index contributed by atoms with van der Waals surface area (Å²) in [5.41, 5.74) is -1.73. The van der Waals surface area contributed by atoms with Gasteiger partial charge in [0.05, 0.1) is 18.8 Å². The van der Waals surface area contributed by atoms with Gasteiger partial charge in [0.2, 0.25) is 0 Å². The van der Waals surface area contributed by atoms with Crippen LogP contribution < -0.4 is 5.32 Å². The molecule has 1 rings (SSSR count). The number of nitrogens with zero attached hydrogens (tertiary/aromatic N) is 1. The fourth-order valence-corrected chi connectivity index (χ4v) is 1.58. The number of benzene rings is 1. The molecule has 9 heteroatoms. The summed E-state index contributed by atoms with van der Waals surface area (Å²) >= 11 is 0. The van der Waals surface area contributed by atoms with Crippen molar-refractivity contribution in [2.45, 2.75) is 6.18 Å². The second-order valence-electron chi connectivity index (χ2n) is 4.06. The number of nitrogens with one attached hydrogen (secondary N) is 1. The van der Waals surface area contributed by atoms with Crippen LogP contribution in [0.15, 0.2) is 18.2 Å². The van der Waals surface area contributed by atoms with E-state index in [-0.39, 0.29) is 32.0 Å². The maximum Gasteiger partial charge on any atom is 0.419 e. The molecule has 0 aliphatic heterocycles. The number of hydrogen-bond donors (Lipinski definition) is 3. The maximum atomic E-state index is 13.1. The predicted octanol–water partition coefficient (Wildman–Crippen LogP) is 1.66. The van der Waals surface area contributed by atoms with Crippen molar-refractivity contribution in [3.63, 3.8) is 0 Å².